The Balaban J connectivity index is 1.28. The number of benzene rings is 2. The molecule has 1 aliphatic rings. The van der Waals surface area contributed by atoms with Crippen LogP contribution < -0.4 is 10.6 Å². The van der Waals surface area contributed by atoms with E-state index in [0.29, 0.717) is 6.04 Å². The van der Waals surface area contributed by atoms with Crippen LogP contribution in [0.3, 0.4) is 0 Å². The second kappa shape index (κ2) is 6.30. The fraction of sp³-hybridized carbons (Fsp3) is 0.182. The van der Waals surface area contributed by atoms with E-state index in [0.717, 1.165) is 19.4 Å². The molecule has 3 heterocycles. The van der Waals surface area contributed by atoms with Gasteiger partial charge in [-0.25, -0.2) is 0 Å². The monoisotopic (exact) mass is 342 g/mol. The zero-order valence-corrected chi connectivity index (χ0v) is 14.5. The molecule has 4 heteroatoms. The van der Waals surface area contributed by atoms with Crippen LogP contribution in [0.25, 0.3) is 21.8 Å². The minimum atomic E-state index is 0.404. The Bertz CT molecular complexity index is 1090. The van der Waals surface area contributed by atoms with Gasteiger partial charge in [-0.3, -0.25) is 0 Å². The number of hydrogen-bond acceptors (Lipinski definition) is 2. The van der Waals surface area contributed by atoms with Crippen molar-refractivity contribution in [3.8, 4) is 0 Å². The van der Waals surface area contributed by atoms with E-state index in [9.17, 15) is 0 Å². The first-order chi connectivity index (χ1) is 12.9. The lowest BCUT2D eigenvalue weighted by molar-refractivity contribution is 0.514. The van der Waals surface area contributed by atoms with Crippen LogP contribution in [0.15, 0.2) is 72.8 Å². The van der Waals surface area contributed by atoms with Gasteiger partial charge in [0.2, 0.25) is 0 Å². The Morgan fingerprint density at radius 3 is 2.15 bits per heavy atom. The van der Waals surface area contributed by atoms with E-state index in [-0.39, 0.29) is 0 Å². The van der Waals surface area contributed by atoms with Crippen molar-refractivity contribution in [2.75, 3.05) is 6.54 Å². The van der Waals surface area contributed by atoms with Crippen LogP contribution >= 0.6 is 0 Å². The average molecular weight is 342 g/mol. The quantitative estimate of drug-likeness (QED) is 0.455. The van der Waals surface area contributed by atoms with Gasteiger partial charge in [-0.05, 0) is 29.7 Å². The van der Waals surface area contributed by atoms with Gasteiger partial charge in [0.05, 0.1) is 0 Å². The maximum absolute atomic E-state index is 3.61. The highest BCUT2D eigenvalue weighted by molar-refractivity contribution is 5.84. The second-order valence-corrected chi connectivity index (χ2v) is 7.01. The molecule has 0 saturated heterocycles. The molecule has 4 nitrogen and oxygen atoms in total. The van der Waals surface area contributed by atoms with Gasteiger partial charge in [0.1, 0.15) is 0 Å². The molecule has 130 valence electrons. The van der Waals surface area contributed by atoms with Gasteiger partial charge in [-0.1, -0.05) is 36.4 Å². The highest BCUT2D eigenvalue weighted by Crippen LogP contribution is 2.22. The first-order valence-electron chi connectivity index (χ1n) is 9.16. The van der Waals surface area contributed by atoms with Gasteiger partial charge in [0.15, 0.2) is 0 Å². The number of hydrogen-bond donors (Lipinski definition) is 4. The Kier molecular flexibility index (Phi) is 3.67. The first-order valence-corrected chi connectivity index (χ1v) is 9.16. The zero-order chi connectivity index (χ0) is 17.3. The third kappa shape index (κ3) is 2.73. The maximum Gasteiger partial charge on any atom is 0.0470 e. The third-order valence-electron chi connectivity index (χ3n) is 5.27. The summed E-state index contributed by atoms with van der Waals surface area (Å²) in [5, 5.41) is 9.82. The highest BCUT2D eigenvalue weighted by atomic mass is 15.0. The average Bonchev–Trinajstić information content (AvgIpc) is 3.28. The number of fused-ring (bicyclic) bond motifs is 2. The Morgan fingerprint density at radius 1 is 0.808 bits per heavy atom. The molecule has 0 saturated carbocycles. The number of rotatable bonds is 4. The predicted molar refractivity (Wildman–Crippen MR) is 107 cm³/mol. The van der Waals surface area contributed by atoms with Gasteiger partial charge in [-0.15, -0.1) is 0 Å². The van der Waals surface area contributed by atoms with Crippen LogP contribution in [0.5, 0.6) is 0 Å². The summed E-state index contributed by atoms with van der Waals surface area (Å²) in [5.74, 6) is 0. The number of aromatic amines is 2. The van der Waals surface area contributed by atoms with Crippen molar-refractivity contribution in [2.45, 2.75) is 18.9 Å². The van der Waals surface area contributed by atoms with Crippen LogP contribution in [-0.4, -0.2) is 22.6 Å². The van der Waals surface area contributed by atoms with E-state index >= 15 is 0 Å². The number of nitrogens with one attached hydrogen (secondary N) is 4. The Labute approximate surface area is 152 Å². The van der Waals surface area contributed by atoms with Crippen LogP contribution in [0, 0.1) is 0 Å². The van der Waals surface area contributed by atoms with Gasteiger partial charge >= 0.3 is 0 Å². The highest BCUT2D eigenvalue weighted by Gasteiger charge is 2.16. The zero-order valence-electron chi connectivity index (χ0n) is 14.5. The largest absolute Gasteiger partial charge is 0.385 e. The summed E-state index contributed by atoms with van der Waals surface area (Å²) in [7, 11) is 0. The summed E-state index contributed by atoms with van der Waals surface area (Å²) < 4.78 is 0. The van der Waals surface area contributed by atoms with E-state index in [4.69, 9.17) is 0 Å². The maximum atomic E-state index is 3.61. The molecule has 0 amide bonds. The van der Waals surface area contributed by atoms with Crippen molar-refractivity contribution >= 4 is 21.8 Å². The molecule has 4 aromatic rings. The molecule has 2 aromatic carbocycles. The van der Waals surface area contributed by atoms with Crippen LogP contribution in [0.1, 0.15) is 11.1 Å². The molecule has 0 aliphatic carbocycles. The summed E-state index contributed by atoms with van der Waals surface area (Å²) in [6, 6.07) is 17.4. The van der Waals surface area contributed by atoms with Crippen LogP contribution in [0.2, 0.25) is 0 Å². The van der Waals surface area contributed by atoms with E-state index in [1.54, 1.807) is 0 Å². The minimum absolute atomic E-state index is 0.404. The predicted octanol–water partition coefficient (Wildman–Crippen LogP) is 3.84. The lowest BCUT2D eigenvalue weighted by Gasteiger charge is -2.25. The Hall–Kier alpha value is -3.14. The van der Waals surface area contributed by atoms with Crippen molar-refractivity contribution in [3.05, 3.63) is 83.9 Å². The molecule has 0 fully saturated rings. The number of H-pyrrole nitrogens is 2. The molecule has 5 rings (SSSR count). The number of allylic oxidation sites excluding steroid dienone is 1. The smallest absolute Gasteiger partial charge is 0.0470 e. The van der Waals surface area contributed by atoms with E-state index in [1.807, 2.05) is 0 Å². The van der Waals surface area contributed by atoms with Gasteiger partial charge in [0.25, 0.3) is 0 Å². The van der Waals surface area contributed by atoms with Gasteiger partial charge < -0.3 is 20.6 Å². The third-order valence-corrected chi connectivity index (χ3v) is 5.27. The van der Waals surface area contributed by atoms with Crippen LogP contribution in [0.4, 0.5) is 0 Å². The van der Waals surface area contributed by atoms with Crippen molar-refractivity contribution < 1.29 is 0 Å². The summed E-state index contributed by atoms with van der Waals surface area (Å²) in [5.41, 5.74) is 6.35. The SMILES string of the molecule is C1=C(Cc2c[nH]c3ccccc23)NCC(Cc2c[nH]c3ccccc23)N1. The molecular weight excluding hydrogens is 320 g/mol. The van der Waals surface area contributed by atoms with E-state index < -0.39 is 0 Å². The lowest BCUT2D eigenvalue weighted by atomic mass is 10.0. The fourth-order valence-corrected chi connectivity index (χ4v) is 3.88. The normalized spacial score (nSPS) is 17.1. The summed E-state index contributed by atoms with van der Waals surface area (Å²) in [6.45, 7) is 0.938. The molecule has 2 aromatic heterocycles. The number of aromatic nitrogens is 2. The minimum Gasteiger partial charge on any atom is -0.385 e. The molecule has 0 radical (unpaired) electrons. The van der Waals surface area contributed by atoms with Gasteiger partial charge in [0, 0.05) is 65.1 Å². The van der Waals surface area contributed by atoms with Crippen molar-refractivity contribution in [1.82, 2.24) is 20.6 Å². The molecule has 0 spiro atoms. The molecule has 1 aliphatic heterocycles. The summed E-state index contributed by atoms with van der Waals surface area (Å²) >= 11 is 0. The van der Waals surface area contributed by atoms with E-state index in [1.165, 1.54) is 38.6 Å². The summed E-state index contributed by atoms with van der Waals surface area (Å²) in [6.07, 6.45) is 8.32. The second-order valence-electron chi connectivity index (χ2n) is 7.01. The molecule has 1 atom stereocenters. The van der Waals surface area contributed by atoms with Crippen molar-refractivity contribution in [3.63, 3.8) is 0 Å². The fourth-order valence-electron chi connectivity index (χ4n) is 3.88. The van der Waals surface area contributed by atoms with Crippen molar-refractivity contribution in [1.29, 1.82) is 0 Å². The van der Waals surface area contributed by atoms with Crippen molar-refractivity contribution in [2.24, 2.45) is 0 Å². The van der Waals surface area contributed by atoms with Gasteiger partial charge in [-0.2, -0.15) is 0 Å². The molecule has 26 heavy (non-hydrogen) atoms. The Morgan fingerprint density at radius 2 is 1.46 bits per heavy atom. The standard InChI is InChI=1S/C22H22N4/c1-3-7-21-19(5-1)15(11-25-21)9-17-13-24-18(14-23-17)10-16-12-26-22-8-4-2-6-20(16)22/h1-8,11-13,18,23-26H,9-10,14H2. The van der Waals surface area contributed by atoms with Crippen LogP contribution in [-0.2, 0) is 12.8 Å². The molecular formula is C22H22N4. The molecule has 4 N–H and O–H groups in total. The van der Waals surface area contributed by atoms with E-state index in [2.05, 4.69) is 87.7 Å². The molecule has 0 bridgehead atoms. The molecule has 1 unspecified atom stereocenters. The first kappa shape index (κ1) is 15.1. The summed E-state index contributed by atoms with van der Waals surface area (Å²) in [4.78, 5) is 6.72. The lowest BCUT2D eigenvalue weighted by Crippen LogP contribution is -2.42. The number of para-hydroxylation sites is 2. The topological polar surface area (TPSA) is 55.6 Å².